The van der Waals surface area contributed by atoms with Crippen LogP contribution in [0.5, 0.6) is 0 Å². The normalized spacial score (nSPS) is 29.4. The van der Waals surface area contributed by atoms with Crippen molar-refractivity contribution in [1.29, 1.82) is 0 Å². The number of carboxylic acids is 1. The summed E-state index contributed by atoms with van der Waals surface area (Å²) in [6.07, 6.45) is 9.55. The highest BCUT2D eigenvalue weighted by molar-refractivity contribution is 5.88. The summed E-state index contributed by atoms with van der Waals surface area (Å²) in [5.74, 6) is -2.65. The van der Waals surface area contributed by atoms with Crippen LogP contribution in [-0.4, -0.2) is 47.3 Å². The van der Waals surface area contributed by atoms with Gasteiger partial charge in [-0.1, -0.05) is 18.2 Å². The summed E-state index contributed by atoms with van der Waals surface area (Å²) in [6, 6.07) is 0. The number of aliphatic carboxylic acids is 1. The Balaban J connectivity index is 2.48. The Kier molecular flexibility index (Phi) is 8.41. The number of carbonyl (C=O) groups is 4. The molecule has 3 atom stereocenters. The van der Waals surface area contributed by atoms with Crippen molar-refractivity contribution in [2.24, 2.45) is 5.92 Å². The van der Waals surface area contributed by atoms with E-state index in [1.54, 1.807) is 19.1 Å². The second kappa shape index (κ2) is 10.6. The summed E-state index contributed by atoms with van der Waals surface area (Å²) in [7, 11) is 1.33. The first-order chi connectivity index (χ1) is 15.0. The van der Waals surface area contributed by atoms with Gasteiger partial charge in [-0.2, -0.15) is 0 Å². The second-order valence-electron chi connectivity index (χ2n) is 8.53. The number of methoxy groups -OCH3 is 1. The summed E-state index contributed by atoms with van der Waals surface area (Å²) in [4.78, 5) is 47.7. The van der Waals surface area contributed by atoms with Crippen molar-refractivity contribution in [2.45, 2.75) is 76.9 Å². The van der Waals surface area contributed by atoms with Crippen molar-refractivity contribution in [2.75, 3.05) is 7.11 Å². The zero-order chi connectivity index (χ0) is 23.9. The third-order valence-electron chi connectivity index (χ3n) is 6.22. The number of hydrogen-bond acceptors (Lipinski definition) is 7. The Hall–Kier alpha value is -2.90. The van der Waals surface area contributed by atoms with Gasteiger partial charge in [0.05, 0.1) is 7.11 Å². The smallest absolute Gasteiger partial charge is 0.333 e. The Morgan fingerprint density at radius 3 is 2.56 bits per heavy atom. The van der Waals surface area contributed by atoms with Crippen LogP contribution in [0.1, 0.15) is 65.7 Å². The number of hydrogen-bond donors (Lipinski definition) is 1. The largest absolute Gasteiger partial charge is 0.478 e. The lowest BCUT2D eigenvalue weighted by molar-refractivity contribution is -0.184. The van der Waals surface area contributed by atoms with E-state index >= 15 is 0 Å². The van der Waals surface area contributed by atoms with Crippen molar-refractivity contribution >= 4 is 23.9 Å². The Morgan fingerprint density at radius 1 is 1.22 bits per heavy atom. The number of cyclic esters (lactones) is 1. The van der Waals surface area contributed by atoms with Crippen LogP contribution in [0, 0.1) is 5.92 Å². The predicted molar refractivity (Wildman–Crippen MR) is 115 cm³/mol. The Morgan fingerprint density at radius 2 is 1.94 bits per heavy atom. The van der Waals surface area contributed by atoms with Crippen LogP contribution >= 0.6 is 0 Å². The number of allylic oxidation sites excluding steroid dienone is 3. The van der Waals surface area contributed by atoms with Crippen molar-refractivity contribution in [3.05, 3.63) is 35.5 Å². The maximum Gasteiger partial charge on any atom is 0.333 e. The first-order valence-electron chi connectivity index (χ1n) is 10.8. The average molecular weight is 449 g/mol. The van der Waals surface area contributed by atoms with Gasteiger partial charge in [-0.05, 0) is 58.4 Å². The molecule has 2 aliphatic rings. The topological polar surface area (TPSA) is 116 Å². The van der Waals surface area contributed by atoms with E-state index in [1.165, 1.54) is 27.0 Å². The maximum absolute atomic E-state index is 12.4. The van der Waals surface area contributed by atoms with Gasteiger partial charge in [0.25, 0.3) is 0 Å². The van der Waals surface area contributed by atoms with Gasteiger partial charge in [0.1, 0.15) is 11.2 Å². The molecule has 0 unspecified atom stereocenters. The van der Waals surface area contributed by atoms with Crippen molar-refractivity contribution < 1.29 is 38.5 Å². The minimum Gasteiger partial charge on any atom is -0.478 e. The molecule has 8 nitrogen and oxygen atoms in total. The van der Waals surface area contributed by atoms with E-state index in [0.717, 1.165) is 0 Å². The molecule has 8 heteroatoms. The molecule has 1 saturated heterocycles. The number of rotatable bonds is 6. The molecule has 1 N–H and O–H groups in total. The summed E-state index contributed by atoms with van der Waals surface area (Å²) in [5.41, 5.74) is -1.43. The first kappa shape index (κ1) is 25.4. The van der Waals surface area contributed by atoms with Crippen molar-refractivity contribution in [1.82, 2.24) is 0 Å². The molecule has 1 aliphatic heterocycles. The highest BCUT2D eigenvalue weighted by atomic mass is 16.6. The SMILES string of the molecule is COC(=O)C1=CCC[C@@](OC(C)=O)([C@H]2CCCC(=O)O[C@]2(C)/C=C/C=C(\C)C(=O)O)CC1. The number of ether oxygens (including phenoxy) is 3. The standard InChI is InChI=1S/C24H32O8/c1-16(21(27)28)8-6-13-23(3)19(10-5-11-20(26)32-23)24(31-17(2)25)14-7-9-18(12-15-24)22(29)30-4/h6,8-9,13,19H,5,7,10-12,14-15H2,1-4H3,(H,27,28)/b13-6+,16-8+/t19-,23+,24-/m0/s1. The Bertz CT molecular complexity index is 852. The third kappa shape index (κ3) is 6.08. The minimum atomic E-state index is -1.13. The van der Waals surface area contributed by atoms with E-state index in [1.807, 2.05) is 6.08 Å². The van der Waals surface area contributed by atoms with Gasteiger partial charge >= 0.3 is 23.9 Å². The fourth-order valence-electron chi connectivity index (χ4n) is 4.68. The molecule has 0 aromatic carbocycles. The van der Waals surface area contributed by atoms with Gasteiger partial charge < -0.3 is 19.3 Å². The molecule has 0 bridgehead atoms. The molecule has 32 heavy (non-hydrogen) atoms. The molecule has 0 aromatic heterocycles. The molecule has 1 fully saturated rings. The van der Waals surface area contributed by atoms with E-state index in [9.17, 15) is 19.2 Å². The van der Waals surface area contributed by atoms with Crippen LogP contribution in [0.4, 0.5) is 0 Å². The van der Waals surface area contributed by atoms with Gasteiger partial charge in [0.15, 0.2) is 0 Å². The maximum atomic E-state index is 12.4. The molecule has 0 amide bonds. The van der Waals surface area contributed by atoms with Crippen molar-refractivity contribution in [3.63, 3.8) is 0 Å². The summed E-state index contributed by atoms with van der Waals surface area (Å²) in [5, 5.41) is 9.10. The van der Waals surface area contributed by atoms with Crippen LogP contribution in [0.15, 0.2) is 35.5 Å². The summed E-state index contributed by atoms with van der Waals surface area (Å²) >= 11 is 0. The highest BCUT2D eigenvalue weighted by Crippen LogP contribution is 2.47. The molecule has 0 aromatic rings. The highest BCUT2D eigenvalue weighted by Gasteiger charge is 2.53. The fraction of sp³-hybridized carbons (Fsp3) is 0.583. The van der Waals surface area contributed by atoms with Gasteiger partial charge in [-0.15, -0.1) is 0 Å². The van der Waals surface area contributed by atoms with Crippen molar-refractivity contribution in [3.8, 4) is 0 Å². The minimum absolute atomic E-state index is 0.137. The van der Waals surface area contributed by atoms with E-state index in [0.29, 0.717) is 44.1 Å². The molecule has 2 rings (SSSR count). The van der Waals surface area contributed by atoms with E-state index in [2.05, 4.69) is 0 Å². The fourth-order valence-corrected chi connectivity index (χ4v) is 4.68. The zero-order valence-electron chi connectivity index (χ0n) is 19.1. The van der Waals surface area contributed by atoms with Crippen LogP contribution in [0.25, 0.3) is 0 Å². The molecule has 1 aliphatic carbocycles. The Labute approximate surface area is 188 Å². The van der Waals surface area contributed by atoms with E-state index < -0.39 is 29.1 Å². The third-order valence-corrected chi connectivity index (χ3v) is 6.22. The molecule has 0 saturated carbocycles. The monoisotopic (exact) mass is 448 g/mol. The van der Waals surface area contributed by atoms with Gasteiger partial charge in [0, 0.05) is 30.4 Å². The van der Waals surface area contributed by atoms with Crippen LogP contribution < -0.4 is 0 Å². The predicted octanol–water partition coefficient (Wildman–Crippen LogP) is 3.65. The van der Waals surface area contributed by atoms with Crippen LogP contribution in [0.2, 0.25) is 0 Å². The van der Waals surface area contributed by atoms with Gasteiger partial charge in [0.2, 0.25) is 0 Å². The number of esters is 3. The second-order valence-corrected chi connectivity index (χ2v) is 8.53. The summed E-state index contributed by atoms with van der Waals surface area (Å²) in [6.45, 7) is 4.57. The molecule has 0 radical (unpaired) electrons. The zero-order valence-corrected chi connectivity index (χ0v) is 19.1. The summed E-state index contributed by atoms with van der Waals surface area (Å²) < 4.78 is 16.7. The lowest BCUT2D eigenvalue weighted by atomic mass is 9.69. The first-order valence-corrected chi connectivity index (χ1v) is 10.8. The lowest BCUT2D eigenvalue weighted by Gasteiger charge is -2.46. The van der Waals surface area contributed by atoms with Crippen LogP contribution in [-0.2, 0) is 33.4 Å². The number of carboxylic acid groups (broad SMARTS) is 1. The van der Waals surface area contributed by atoms with Crippen LogP contribution in [0.3, 0.4) is 0 Å². The molecule has 176 valence electrons. The quantitative estimate of drug-likeness (QED) is 0.283. The molecule has 1 heterocycles. The average Bonchev–Trinajstić information content (AvgIpc) is 3.01. The van der Waals surface area contributed by atoms with E-state index in [4.69, 9.17) is 19.3 Å². The van der Waals surface area contributed by atoms with Gasteiger partial charge in [-0.3, -0.25) is 9.59 Å². The molecule has 0 spiro atoms. The molecular formula is C24H32O8. The lowest BCUT2D eigenvalue weighted by Crippen LogP contribution is -2.53. The number of carbonyl (C=O) groups excluding carboxylic acids is 3. The van der Waals surface area contributed by atoms with Gasteiger partial charge in [-0.25, -0.2) is 9.59 Å². The molecular weight excluding hydrogens is 416 g/mol. The van der Waals surface area contributed by atoms with E-state index in [-0.39, 0.29) is 23.9 Å².